The first-order chi connectivity index (χ1) is 15.1. The van der Waals surface area contributed by atoms with Gasteiger partial charge in [-0.2, -0.15) is 5.26 Å². The Kier molecular flexibility index (Phi) is 6.31. The monoisotopic (exact) mass is 444 g/mol. The Labute approximate surface area is 189 Å². The minimum absolute atomic E-state index is 0.147. The average Bonchev–Trinajstić information content (AvgIpc) is 3.40. The average molecular weight is 445 g/mol. The molecule has 0 aliphatic rings. The number of carbonyl (C=O) groups is 1. The molecule has 0 amide bonds. The number of nitrogens with zero attached hydrogens (tertiary/aromatic N) is 4. The third-order valence-electron chi connectivity index (χ3n) is 4.77. The van der Waals surface area contributed by atoms with Gasteiger partial charge in [-0.3, -0.25) is 9.36 Å². The topological polar surface area (TPSA) is 71.6 Å². The van der Waals surface area contributed by atoms with Crippen molar-refractivity contribution in [2.45, 2.75) is 24.9 Å². The molecule has 2 heterocycles. The summed E-state index contributed by atoms with van der Waals surface area (Å²) in [6, 6.07) is 20.3. The van der Waals surface area contributed by atoms with Crippen molar-refractivity contribution in [2.75, 3.05) is 5.75 Å². The smallest absolute Gasteiger partial charge is 0.173 e. The summed E-state index contributed by atoms with van der Waals surface area (Å²) in [5, 5.41) is 12.7. The van der Waals surface area contributed by atoms with E-state index < -0.39 is 5.92 Å². The van der Waals surface area contributed by atoms with Gasteiger partial charge < -0.3 is 0 Å². The van der Waals surface area contributed by atoms with Gasteiger partial charge in [-0.1, -0.05) is 59.8 Å². The third-order valence-corrected chi connectivity index (χ3v) is 6.77. The predicted octanol–water partition coefficient (Wildman–Crippen LogP) is 5.58. The van der Waals surface area contributed by atoms with Crippen molar-refractivity contribution in [3.63, 3.8) is 0 Å². The zero-order chi connectivity index (χ0) is 21.8. The van der Waals surface area contributed by atoms with Crippen LogP contribution < -0.4 is 0 Å². The third kappa shape index (κ3) is 4.61. The summed E-state index contributed by atoms with van der Waals surface area (Å²) in [4.78, 5) is 21.7. The van der Waals surface area contributed by atoms with Gasteiger partial charge in [0.05, 0.1) is 23.7 Å². The second kappa shape index (κ2) is 9.29. The van der Waals surface area contributed by atoms with Crippen molar-refractivity contribution in [1.29, 1.82) is 5.26 Å². The van der Waals surface area contributed by atoms with E-state index in [9.17, 15) is 10.1 Å². The predicted molar refractivity (Wildman–Crippen MR) is 125 cm³/mol. The van der Waals surface area contributed by atoms with Crippen LogP contribution >= 0.6 is 23.1 Å². The molecule has 0 aliphatic carbocycles. The molecule has 0 radical (unpaired) electrons. The maximum absolute atomic E-state index is 12.8. The number of benzene rings is 2. The lowest BCUT2D eigenvalue weighted by molar-refractivity contribution is -0.116. The molecule has 0 bridgehead atoms. The molecular formula is C24H20N4OS2. The molecule has 1 atom stereocenters. The summed E-state index contributed by atoms with van der Waals surface area (Å²) in [7, 11) is 0. The van der Waals surface area contributed by atoms with Crippen molar-refractivity contribution in [2.24, 2.45) is 0 Å². The first-order valence-corrected chi connectivity index (χ1v) is 11.6. The highest BCUT2D eigenvalue weighted by atomic mass is 32.2. The van der Waals surface area contributed by atoms with Crippen LogP contribution in [0.4, 0.5) is 0 Å². The van der Waals surface area contributed by atoms with Gasteiger partial charge in [0.25, 0.3) is 0 Å². The largest absolute Gasteiger partial charge is 0.297 e. The number of thioether (sulfide) groups is 1. The highest BCUT2D eigenvalue weighted by Gasteiger charge is 2.24. The first kappa shape index (κ1) is 21.0. The number of aromatic nitrogens is 3. The van der Waals surface area contributed by atoms with E-state index in [4.69, 9.17) is 0 Å². The normalized spacial score (nSPS) is 11.8. The number of Topliss-reactive ketones (excluding diaryl/α,β-unsaturated/α-hetero) is 1. The van der Waals surface area contributed by atoms with E-state index in [0.29, 0.717) is 10.2 Å². The molecular weight excluding hydrogens is 424 g/mol. The molecule has 154 valence electrons. The SMILES string of the molecule is Cc1ccc(-c2cnc(SCC(=O)C(C#N)c3nc(C)cs3)n2-c2ccccc2)cc1. The lowest BCUT2D eigenvalue weighted by Gasteiger charge is -2.12. The summed E-state index contributed by atoms with van der Waals surface area (Å²) in [5.41, 5.74) is 4.98. The molecule has 0 N–H and O–H groups in total. The quantitative estimate of drug-likeness (QED) is 0.348. The number of para-hydroxylation sites is 1. The van der Waals surface area contributed by atoms with Gasteiger partial charge in [0.2, 0.25) is 0 Å². The fourth-order valence-corrected chi connectivity index (χ4v) is 4.94. The number of imidazole rings is 1. The molecule has 7 heteroatoms. The van der Waals surface area contributed by atoms with E-state index in [2.05, 4.69) is 51.8 Å². The minimum atomic E-state index is -0.845. The number of hydrogen-bond donors (Lipinski definition) is 0. The molecule has 0 saturated carbocycles. The van der Waals surface area contributed by atoms with Gasteiger partial charge in [-0.15, -0.1) is 11.3 Å². The fourth-order valence-electron chi connectivity index (χ4n) is 3.18. The summed E-state index contributed by atoms with van der Waals surface area (Å²) in [5.74, 6) is -0.863. The summed E-state index contributed by atoms with van der Waals surface area (Å²) >= 11 is 2.69. The molecule has 1 unspecified atom stereocenters. The van der Waals surface area contributed by atoms with Crippen molar-refractivity contribution in [1.82, 2.24) is 14.5 Å². The number of aryl methyl sites for hydroxylation is 2. The van der Waals surface area contributed by atoms with E-state index in [1.54, 1.807) is 0 Å². The number of ketones is 1. The molecule has 2 aromatic heterocycles. The number of carbonyl (C=O) groups excluding carboxylic acids is 1. The first-order valence-electron chi connectivity index (χ1n) is 9.74. The van der Waals surface area contributed by atoms with Crippen LogP contribution in [0, 0.1) is 25.2 Å². The highest BCUT2D eigenvalue weighted by molar-refractivity contribution is 7.99. The van der Waals surface area contributed by atoms with Crippen LogP contribution in [-0.4, -0.2) is 26.1 Å². The molecule has 0 aliphatic heterocycles. The molecule has 4 aromatic rings. The van der Waals surface area contributed by atoms with E-state index in [0.717, 1.165) is 22.6 Å². The molecule has 2 aromatic carbocycles. The summed E-state index contributed by atoms with van der Waals surface area (Å²) in [6.45, 7) is 3.91. The zero-order valence-electron chi connectivity index (χ0n) is 17.1. The van der Waals surface area contributed by atoms with Crippen LogP contribution in [-0.2, 0) is 4.79 Å². The van der Waals surface area contributed by atoms with Crippen molar-refractivity contribution in [3.8, 4) is 23.0 Å². The van der Waals surface area contributed by atoms with Crippen LogP contribution in [0.3, 0.4) is 0 Å². The van der Waals surface area contributed by atoms with Crippen molar-refractivity contribution in [3.05, 3.63) is 82.4 Å². The molecule has 31 heavy (non-hydrogen) atoms. The zero-order valence-corrected chi connectivity index (χ0v) is 18.8. The van der Waals surface area contributed by atoms with Crippen LogP contribution in [0.5, 0.6) is 0 Å². The van der Waals surface area contributed by atoms with E-state index in [1.165, 1.54) is 28.7 Å². The number of nitriles is 1. The lowest BCUT2D eigenvalue weighted by Crippen LogP contribution is -2.13. The molecule has 5 nitrogen and oxygen atoms in total. The Hall–Kier alpha value is -3.21. The Morgan fingerprint density at radius 1 is 1.16 bits per heavy atom. The molecule has 0 fully saturated rings. The second-order valence-corrected chi connectivity index (χ2v) is 8.94. The van der Waals surface area contributed by atoms with Gasteiger partial charge >= 0.3 is 0 Å². The molecule has 4 rings (SSSR count). The Morgan fingerprint density at radius 3 is 2.55 bits per heavy atom. The van der Waals surface area contributed by atoms with E-state index in [1.807, 2.05) is 48.8 Å². The van der Waals surface area contributed by atoms with Crippen LogP contribution in [0.25, 0.3) is 16.9 Å². The van der Waals surface area contributed by atoms with Crippen molar-refractivity contribution >= 4 is 28.9 Å². The standard InChI is InChI=1S/C24H20N4OS2/c1-16-8-10-18(11-9-16)21-13-26-24(28(21)19-6-4-3-5-7-19)31-15-22(29)20(12-25)23-27-17(2)14-30-23/h3-11,13-14,20H,15H2,1-2H3. The maximum atomic E-state index is 12.8. The van der Waals surface area contributed by atoms with Crippen LogP contribution in [0.2, 0.25) is 0 Å². The minimum Gasteiger partial charge on any atom is -0.297 e. The van der Waals surface area contributed by atoms with E-state index in [-0.39, 0.29) is 11.5 Å². The number of thiazole rings is 1. The van der Waals surface area contributed by atoms with Crippen LogP contribution in [0.15, 0.2) is 71.3 Å². The Morgan fingerprint density at radius 2 is 1.90 bits per heavy atom. The van der Waals surface area contributed by atoms with Crippen molar-refractivity contribution < 1.29 is 4.79 Å². The van der Waals surface area contributed by atoms with Gasteiger partial charge in [-0.25, -0.2) is 9.97 Å². The van der Waals surface area contributed by atoms with Gasteiger partial charge in [0.15, 0.2) is 16.9 Å². The van der Waals surface area contributed by atoms with Gasteiger partial charge in [0, 0.05) is 22.3 Å². The number of rotatable bonds is 7. The van der Waals surface area contributed by atoms with E-state index >= 15 is 0 Å². The molecule has 0 saturated heterocycles. The Balaban J connectivity index is 1.63. The molecule has 0 spiro atoms. The van der Waals surface area contributed by atoms with Gasteiger partial charge in [0.1, 0.15) is 5.01 Å². The second-order valence-electron chi connectivity index (χ2n) is 7.11. The fraction of sp³-hybridized carbons (Fsp3) is 0.167. The maximum Gasteiger partial charge on any atom is 0.173 e. The summed E-state index contributed by atoms with van der Waals surface area (Å²) < 4.78 is 2.05. The Bertz CT molecular complexity index is 1240. The van der Waals surface area contributed by atoms with Crippen LogP contribution in [0.1, 0.15) is 22.2 Å². The number of hydrogen-bond acceptors (Lipinski definition) is 6. The highest BCUT2D eigenvalue weighted by Crippen LogP contribution is 2.31. The lowest BCUT2D eigenvalue weighted by atomic mass is 10.1. The summed E-state index contributed by atoms with van der Waals surface area (Å²) in [6.07, 6.45) is 1.83. The van der Waals surface area contributed by atoms with Gasteiger partial charge in [-0.05, 0) is 26.0 Å².